The zero-order valence-corrected chi connectivity index (χ0v) is 9.23. The first-order valence-corrected chi connectivity index (χ1v) is 5.85. The smallest absolute Gasteiger partial charge is 0.0597 e. The Morgan fingerprint density at radius 1 is 1.00 bits per heavy atom. The average molecular weight is 148 g/mol. The summed E-state index contributed by atoms with van der Waals surface area (Å²) in [6.45, 7) is 3.36. The first kappa shape index (κ1) is 12.6. The van der Waals surface area contributed by atoms with Crippen molar-refractivity contribution in [2.75, 3.05) is 0 Å². The summed E-state index contributed by atoms with van der Waals surface area (Å²) < 4.78 is 0. The van der Waals surface area contributed by atoms with E-state index in [1.165, 1.54) is 55.7 Å². The lowest BCUT2D eigenvalue weighted by Crippen LogP contribution is -2.40. The normalized spacial score (nSPS) is 7.75. The molecule has 0 nitrogen and oxygen atoms in total. The molecule has 0 saturated carbocycles. The topological polar surface area (TPSA) is 0 Å². The Hall–Kier alpha value is 0.649. The Labute approximate surface area is 85.0 Å². The summed E-state index contributed by atoms with van der Waals surface area (Å²) in [4.78, 5) is 0. The van der Waals surface area contributed by atoms with Gasteiger partial charge in [0.25, 0.3) is 0 Å². The zero-order chi connectivity index (χ0) is 9.23. The van der Waals surface area contributed by atoms with Gasteiger partial charge in [-0.15, -0.1) is 0 Å². The van der Waals surface area contributed by atoms with E-state index in [9.17, 15) is 0 Å². The molecule has 0 amide bonds. The largest absolute Gasteiger partial charge is 0.0922 e. The SMILES string of the molecule is BBBBBB(BBBB)CC. The van der Waals surface area contributed by atoms with E-state index in [2.05, 4.69) is 22.4 Å². The van der Waals surface area contributed by atoms with E-state index >= 15 is 0 Å². The molecule has 0 aliphatic carbocycles. The van der Waals surface area contributed by atoms with Gasteiger partial charge < -0.3 is 0 Å². The highest BCUT2D eigenvalue weighted by Gasteiger charge is 2.11. The second kappa shape index (κ2) is 9.74. The molecular weight excluding hydrogens is 132 g/mol. The van der Waals surface area contributed by atoms with Gasteiger partial charge in [0.15, 0.2) is 0 Å². The van der Waals surface area contributed by atoms with Gasteiger partial charge >= 0.3 is 0 Å². The van der Waals surface area contributed by atoms with Crippen molar-refractivity contribution in [2.24, 2.45) is 0 Å². The molecule has 0 aliphatic rings. The minimum atomic E-state index is 1.02. The van der Waals surface area contributed by atoms with Crippen LogP contribution in [0.15, 0.2) is 0 Å². The molecule has 0 rings (SSSR count). The fourth-order valence-corrected chi connectivity index (χ4v) is 1.73. The summed E-state index contributed by atoms with van der Waals surface area (Å²) >= 11 is 0. The highest BCUT2D eigenvalue weighted by molar-refractivity contribution is 7.72. The van der Waals surface area contributed by atoms with Crippen LogP contribution >= 0.6 is 0 Å². The maximum absolute atomic E-state index is 2.34. The lowest BCUT2D eigenvalue weighted by Gasteiger charge is -2.05. The number of hydrogen-bond acceptors (Lipinski definition) is 0. The molecule has 10 heteroatoms. The Morgan fingerprint density at radius 2 is 1.58 bits per heavy atom. The van der Waals surface area contributed by atoms with Crippen LogP contribution in [-0.4, -0.2) is 71.4 Å². The van der Waals surface area contributed by atoms with Crippen molar-refractivity contribution in [2.45, 2.75) is 13.2 Å². The summed E-state index contributed by atoms with van der Waals surface area (Å²) in [6, 6.07) is 0. The van der Waals surface area contributed by atoms with Crippen molar-refractivity contribution in [1.29, 1.82) is 0 Å². The summed E-state index contributed by atoms with van der Waals surface area (Å²) in [5, 5.41) is 0. The van der Waals surface area contributed by atoms with Crippen LogP contribution in [0, 0.1) is 0 Å². The third-order valence-electron chi connectivity index (χ3n) is 2.76. The molecule has 0 aromatic heterocycles. The van der Waals surface area contributed by atoms with Gasteiger partial charge in [0.05, 0.1) is 22.0 Å². The van der Waals surface area contributed by atoms with Crippen molar-refractivity contribution in [3.8, 4) is 0 Å². The van der Waals surface area contributed by atoms with Gasteiger partial charge in [-0.1, -0.05) is 13.2 Å². The van der Waals surface area contributed by atoms with Crippen LogP contribution in [0.4, 0.5) is 0 Å². The lowest BCUT2D eigenvalue weighted by molar-refractivity contribution is 1.47. The molecule has 0 atom stereocenters. The summed E-state index contributed by atoms with van der Waals surface area (Å²) in [6.07, 6.45) is 1.39. The van der Waals surface area contributed by atoms with Gasteiger partial charge in [-0.3, -0.25) is 0 Å². The third-order valence-corrected chi connectivity index (χ3v) is 2.76. The Morgan fingerprint density at radius 3 is 2.08 bits per heavy atom. The molecule has 0 fully saturated rings. The van der Waals surface area contributed by atoms with Gasteiger partial charge in [-0.25, -0.2) is 0 Å². The van der Waals surface area contributed by atoms with Crippen molar-refractivity contribution in [3.63, 3.8) is 0 Å². The lowest BCUT2D eigenvalue weighted by atomic mass is 8.82. The molecule has 0 aromatic rings. The van der Waals surface area contributed by atoms with Crippen LogP contribution in [0.2, 0.25) is 6.32 Å². The fraction of sp³-hybridized carbons (Fsp3) is 1.00. The molecule has 0 bridgehead atoms. The Balaban J connectivity index is 3.26. The standard InChI is InChI=1S/C2H16B10/c1-2-12(10-8-6-4)11-9-7-5-3/h5-11H,2-4H2,1H3. The predicted octanol–water partition coefficient (Wildman–Crippen LogP) is -5.78. The second-order valence-corrected chi connectivity index (χ2v) is 3.91. The van der Waals surface area contributed by atoms with Crippen molar-refractivity contribution < 1.29 is 0 Å². The first-order chi connectivity index (χ1) is 5.85. The van der Waals surface area contributed by atoms with Gasteiger partial charge in [-0.05, 0) is 0 Å². The monoisotopic (exact) mass is 150 g/mol. The average Bonchev–Trinajstić information content (AvgIpc) is 2.11. The van der Waals surface area contributed by atoms with E-state index in [0.29, 0.717) is 0 Å². The molecule has 12 heavy (non-hydrogen) atoms. The minimum absolute atomic E-state index is 1.02. The van der Waals surface area contributed by atoms with Crippen molar-refractivity contribution in [3.05, 3.63) is 0 Å². The molecule has 54 valence electrons. The van der Waals surface area contributed by atoms with E-state index in [1.807, 2.05) is 0 Å². The van der Waals surface area contributed by atoms with Gasteiger partial charge in [0.1, 0.15) is 0 Å². The van der Waals surface area contributed by atoms with Crippen molar-refractivity contribution >= 4 is 71.4 Å². The van der Waals surface area contributed by atoms with Crippen LogP contribution < -0.4 is 0 Å². The van der Waals surface area contributed by atoms with E-state index < -0.39 is 0 Å². The Kier molecular flexibility index (Phi) is 10.3. The van der Waals surface area contributed by atoms with Crippen LogP contribution in [0.25, 0.3) is 0 Å². The van der Waals surface area contributed by atoms with E-state index in [1.54, 1.807) is 0 Å². The molecule has 0 spiro atoms. The van der Waals surface area contributed by atoms with Crippen LogP contribution in [0.1, 0.15) is 6.92 Å². The molecule has 0 aliphatic heterocycles. The molecule has 0 radical (unpaired) electrons. The zero-order valence-electron chi connectivity index (χ0n) is 9.23. The maximum Gasteiger partial charge on any atom is 0.0597 e. The predicted molar refractivity (Wildman–Crippen MR) is 83.4 cm³/mol. The summed E-state index contributed by atoms with van der Waals surface area (Å²) in [5.41, 5.74) is 0. The quantitative estimate of drug-likeness (QED) is 0.238. The summed E-state index contributed by atoms with van der Waals surface area (Å²) in [5.74, 6) is 0. The highest BCUT2D eigenvalue weighted by Crippen LogP contribution is 1.84. The first-order valence-electron chi connectivity index (χ1n) is 5.85. The fourth-order valence-electron chi connectivity index (χ4n) is 1.73. The molecular formula is C2H16B10. The molecule has 0 saturated heterocycles. The third kappa shape index (κ3) is 7.31. The minimum Gasteiger partial charge on any atom is -0.0922 e. The number of rotatable bonds is 8. The molecule has 0 N–H and O–H groups in total. The second-order valence-electron chi connectivity index (χ2n) is 3.91. The van der Waals surface area contributed by atoms with Gasteiger partial charge in [0.2, 0.25) is 0 Å². The summed E-state index contributed by atoms with van der Waals surface area (Å²) in [7, 11) is 14.6. The van der Waals surface area contributed by atoms with E-state index in [4.69, 9.17) is 0 Å². The Bertz CT molecular complexity index is 83.9. The van der Waals surface area contributed by atoms with Crippen molar-refractivity contribution in [1.82, 2.24) is 0 Å². The van der Waals surface area contributed by atoms with Crippen LogP contribution in [0.5, 0.6) is 0 Å². The van der Waals surface area contributed by atoms with Gasteiger partial charge in [-0.2, -0.15) is 0 Å². The highest BCUT2D eigenvalue weighted by atomic mass is 13.4. The number of hydrogen-bond donors (Lipinski definition) is 0. The molecule has 0 unspecified atom stereocenters. The van der Waals surface area contributed by atoms with Crippen LogP contribution in [0.3, 0.4) is 0 Å². The van der Waals surface area contributed by atoms with E-state index in [-0.39, 0.29) is 0 Å². The molecule has 0 heterocycles. The van der Waals surface area contributed by atoms with Gasteiger partial charge in [0, 0.05) is 49.4 Å². The molecule has 0 aromatic carbocycles. The maximum atomic E-state index is 2.34. The van der Waals surface area contributed by atoms with Crippen LogP contribution in [-0.2, 0) is 0 Å². The van der Waals surface area contributed by atoms with E-state index in [0.717, 1.165) is 6.49 Å².